The van der Waals surface area contributed by atoms with Crippen LogP contribution < -0.4 is 10.1 Å². The molecule has 3 aromatic rings. The predicted molar refractivity (Wildman–Crippen MR) is 155 cm³/mol. The van der Waals surface area contributed by atoms with E-state index in [1.165, 1.54) is 0 Å². The third kappa shape index (κ3) is 8.24. The largest absolute Gasteiger partial charge is 0.483 e. The second kappa shape index (κ2) is 13.7. The fourth-order valence-electron chi connectivity index (χ4n) is 4.18. The third-order valence-corrected chi connectivity index (χ3v) is 7.01. The SMILES string of the molecule is Cc1cc(C)c(C)c(OCC(=O)N(Cc2ccc(Cl)cc2Cl)[C@@H](Cc2ccccc2)C(=O)NCC(C)C)c1. The Bertz CT molecular complexity index is 1260. The molecule has 0 aliphatic heterocycles. The summed E-state index contributed by atoms with van der Waals surface area (Å²) in [5.41, 5.74) is 4.76. The summed E-state index contributed by atoms with van der Waals surface area (Å²) in [6, 6.07) is 18.1. The summed E-state index contributed by atoms with van der Waals surface area (Å²) in [6.07, 6.45) is 0.351. The van der Waals surface area contributed by atoms with Gasteiger partial charge in [-0.3, -0.25) is 9.59 Å². The lowest BCUT2D eigenvalue weighted by Crippen LogP contribution is -2.52. The molecule has 1 atom stereocenters. The molecule has 1 N–H and O–H groups in total. The molecular formula is C31H36Cl2N2O3. The topological polar surface area (TPSA) is 58.6 Å². The average molecular weight is 556 g/mol. The van der Waals surface area contributed by atoms with Crippen LogP contribution in [-0.4, -0.2) is 35.9 Å². The van der Waals surface area contributed by atoms with E-state index in [-0.39, 0.29) is 30.9 Å². The molecule has 0 fully saturated rings. The van der Waals surface area contributed by atoms with Gasteiger partial charge in [0.1, 0.15) is 11.8 Å². The van der Waals surface area contributed by atoms with Crippen LogP contribution >= 0.6 is 23.2 Å². The van der Waals surface area contributed by atoms with Crippen molar-refractivity contribution < 1.29 is 14.3 Å². The Morgan fingerprint density at radius 3 is 2.34 bits per heavy atom. The Kier molecular flexibility index (Phi) is 10.6. The van der Waals surface area contributed by atoms with E-state index in [9.17, 15) is 9.59 Å². The van der Waals surface area contributed by atoms with Crippen molar-refractivity contribution in [1.82, 2.24) is 10.2 Å². The molecule has 0 unspecified atom stereocenters. The van der Waals surface area contributed by atoms with Crippen LogP contribution in [0.3, 0.4) is 0 Å². The van der Waals surface area contributed by atoms with Crippen molar-refractivity contribution >= 4 is 35.0 Å². The minimum absolute atomic E-state index is 0.136. The average Bonchev–Trinajstić information content (AvgIpc) is 2.87. The van der Waals surface area contributed by atoms with Gasteiger partial charge >= 0.3 is 0 Å². The number of hydrogen-bond acceptors (Lipinski definition) is 3. The van der Waals surface area contributed by atoms with Crippen LogP contribution in [-0.2, 0) is 22.6 Å². The summed E-state index contributed by atoms with van der Waals surface area (Å²) in [5, 5.41) is 3.95. The molecule has 5 nitrogen and oxygen atoms in total. The molecule has 0 saturated heterocycles. The fraction of sp³-hybridized carbons (Fsp3) is 0.355. The molecule has 0 aromatic heterocycles. The van der Waals surface area contributed by atoms with Gasteiger partial charge in [-0.1, -0.05) is 79.5 Å². The van der Waals surface area contributed by atoms with Crippen molar-refractivity contribution in [2.24, 2.45) is 5.92 Å². The maximum atomic E-state index is 13.8. The maximum absolute atomic E-state index is 13.8. The highest BCUT2D eigenvalue weighted by molar-refractivity contribution is 6.35. The normalized spacial score (nSPS) is 11.8. The highest BCUT2D eigenvalue weighted by Gasteiger charge is 2.31. The van der Waals surface area contributed by atoms with Gasteiger partial charge in [0.05, 0.1) is 0 Å². The summed E-state index contributed by atoms with van der Waals surface area (Å²) in [4.78, 5) is 28.9. The molecule has 0 aliphatic carbocycles. The standard InChI is InChI=1S/C31H36Cl2N2O3/c1-20(2)17-34-31(37)28(15-24-9-7-6-8-10-24)35(18-25-11-12-26(32)16-27(25)33)30(36)19-38-29-14-21(3)13-22(4)23(29)5/h6-14,16,20,28H,15,17-19H2,1-5H3,(H,34,37)/t28-/m0/s1. The van der Waals surface area contributed by atoms with Gasteiger partial charge in [-0.05, 0) is 72.7 Å². The van der Waals surface area contributed by atoms with Gasteiger partial charge in [0.25, 0.3) is 5.91 Å². The van der Waals surface area contributed by atoms with Gasteiger partial charge in [-0.2, -0.15) is 0 Å². The molecule has 3 rings (SSSR count). The van der Waals surface area contributed by atoms with Gasteiger partial charge in [0.2, 0.25) is 5.91 Å². The number of nitrogens with zero attached hydrogens (tertiary/aromatic N) is 1. The van der Waals surface area contributed by atoms with Crippen molar-refractivity contribution in [2.75, 3.05) is 13.2 Å². The molecular weight excluding hydrogens is 519 g/mol. The number of rotatable bonds is 11. The minimum Gasteiger partial charge on any atom is -0.483 e. The summed E-state index contributed by atoms with van der Waals surface area (Å²) < 4.78 is 6.03. The van der Waals surface area contributed by atoms with Crippen LogP contribution in [0.1, 0.15) is 41.7 Å². The predicted octanol–water partition coefficient (Wildman–Crippen LogP) is 6.71. The summed E-state index contributed by atoms with van der Waals surface area (Å²) in [5.74, 6) is 0.394. The van der Waals surface area contributed by atoms with Crippen molar-refractivity contribution in [2.45, 2.75) is 53.6 Å². The molecule has 202 valence electrons. The Hall–Kier alpha value is -3.02. The Morgan fingerprint density at radius 2 is 1.68 bits per heavy atom. The zero-order valence-corrected chi connectivity index (χ0v) is 24.2. The number of carbonyl (C=O) groups excluding carboxylic acids is 2. The fourth-order valence-corrected chi connectivity index (χ4v) is 4.65. The lowest BCUT2D eigenvalue weighted by atomic mass is 10.0. The first-order valence-corrected chi connectivity index (χ1v) is 13.6. The number of carbonyl (C=O) groups is 2. The lowest BCUT2D eigenvalue weighted by Gasteiger charge is -2.32. The van der Waals surface area contributed by atoms with E-state index in [1.807, 2.05) is 71.0 Å². The van der Waals surface area contributed by atoms with Crippen molar-refractivity contribution in [3.05, 3.63) is 98.5 Å². The number of amides is 2. The molecule has 0 radical (unpaired) electrons. The molecule has 0 spiro atoms. The van der Waals surface area contributed by atoms with Gasteiger partial charge in [0, 0.05) is 29.6 Å². The van der Waals surface area contributed by atoms with E-state index in [0.717, 1.165) is 22.3 Å². The zero-order chi connectivity index (χ0) is 27.8. The van der Waals surface area contributed by atoms with E-state index in [0.29, 0.717) is 34.3 Å². The second-order valence-corrected chi connectivity index (χ2v) is 10.9. The van der Waals surface area contributed by atoms with E-state index < -0.39 is 6.04 Å². The third-order valence-electron chi connectivity index (χ3n) is 6.43. The van der Waals surface area contributed by atoms with Gasteiger partial charge in [0.15, 0.2) is 6.61 Å². The van der Waals surface area contributed by atoms with Crippen LogP contribution in [0.5, 0.6) is 5.75 Å². The number of nitrogens with one attached hydrogen (secondary N) is 1. The monoisotopic (exact) mass is 554 g/mol. The number of halogens is 2. The molecule has 7 heteroatoms. The summed E-state index contributed by atoms with van der Waals surface area (Å²) >= 11 is 12.6. The van der Waals surface area contributed by atoms with E-state index in [1.54, 1.807) is 23.1 Å². The Balaban J connectivity index is 1.96. The van der Waals surface area contributed by atoms with Crippen LogP contribution in [0, 0.1) is 26.7 Å². The van der Waals surface area contributed by atoms with E-state index >= 15 is 0 Å². The Labute approximate surface area is 236 Å². The first-order valence-electron chi connectivity index (χ1n) is 12.8. The first kappa shape index (κ1) is 29.5. The number of benzene rings is 3. The summed E-state index contributed by atoms with van der Waals surface area (Å²) in [7, 11) is 0. The number of aryl methyl sites for hydroxylation is 2. The lowest BCUT2D eigenvalue weighted by molar-refractivity contribution is -0.142. The van der Waals surface area contributed by atoms with E-state index in [2.05, 4.69) is 11.4 Å². The minimum atomic E-state index is -0.765. The van der Waals surface area contributed by atoms with Gasteiger partial charge < -0.3 is 15.0 Å². The van der Waals surface area contributed by atoms with Crippen LogP contribution in [0.2, 0.25) is 10.0 Å². The smallest absolute Gasteiger partial charge is 0.261 e. The Morgan fingerprint density at radius 1 is 0.974 bits per heavy atom. The highest BCUT2D eigenvalue weighted by atomic mass is 35.5. The number of ether oxygens (including phenoxy) is 1. The van der Waals surface area contributed by atoms with Gasteiger partial charge in [-0.15, -0.1) is 0 Å². The number of hydrogen-bond donors (Lipinski definition) is 1. The van der Waals surface area contributed by atoms with Crippen LogP contribution in [0.15, 0.2) is 60.7 Å². The van der Waals surface area contributed by atoms with Crippen molar-refractivity contribution in [3.8, 4) is 5.75 Å². The zero-order valence-electron chi connectivity index (χ0n) is 22.7. The second-order valence-electron chi connectivity index (χ2n) is 10.1. The molecule has 0 heterocycles. The van der Waals surface area contributed by atoms with E-state index in [4.69, 9.17) is 27.9 Å². The molecule has 38 heavy (non-hydrogen) atoms. The molecule has 0 saturated carbocycles. The maximum Gasteiger partial charge on any atom is 0.261 e. The van der Waals surface area contributed by atoms with Crippen molar-refractivity contribution in [3.63, 3.8) is 0 Å². The molecule has 3 aromatic carbocycles. The molecule has 0 aliphatic rings. The highest BCUT2D eigenvalue weighted by Crippen LogP contribution is 2.26. The van der Waals surface area contributed by atoms with Crippen molar-refractivity contribution in [1.29, 1.82) is 0 Å². The van der Waals surface area contributed by atoms with Gasteiger partial charge in [-0.25, -0.2) is 0 Å². The first-order chi connectivity index (χ1) is 18.0. The molecule has 2 amide bonds. The molecule has 0 bridgehead atoms. The quantitative estimate of drug-likeness (QED) is 0.286. The van der Waals surface area contributed by atoms with Crippen LogP contribution in [0.4, 0.5) is 0 Å². The summed E-state index contributed by atoms with van der Waals surface area (Å²) in [6.45, 7) is 10.5. The van der Waals surface area contributed by atoms with Crippen LogP contribution in [0.25, 0.3) is 0 Å².